The van der Waals surface area contributed by atoms with Crippen LogP contribution in [0.25, 0.3) is 0 Å². The number of likely N-dealkylation sites (tertiary alicyclic amines) is 1. The molecule has 2 fully saturated rings. The Hall–Kier alpha value is -0.650. The average molecular weight is 284 g/mol. The largest absolute Gasteiger partial charge is 0.376 e. The van der Waals surface area contributed by atoms with Gasteiger partial charge in [-0.15, -0.1) is 0 Å². The van der Waals surface area contributed by atoms with E-state index in [1.165, 1.54) is 0 Å². The summed E-state index contributed by atoms with van der Waals surface area (Å²) < 4.78 is 11.2. The lowest BCUT2D eigenvalue weighted by molar-refractivity contribution is -0.143. The Kier molecular flexibility index (Phi) is 5.41. The molecule has 20 heavy (non-hydrogen) atoms. The third kappa shape index (κ3) is 3.71. The summed E-state index contributed by atoms with van der Waals surface area (Å²) in [6.45, 7) is 7.05. The van der Waals surface area contributed by atoms with Gasteiger partial charge in [0, 0.05) is 25.7 Å². The second kappa shape index (κ2) is 6.87. The van der Waals surface area contributed by atoms with Crippen LogP contribution in [-0.4, -0.2) is 74.4 Å². The summed E-state index contributed by atoms with van der Waals surface area (Å²) >= 11 is 0. The van der Waals surface area contributed by atoms with Gasteiger partial charge >= 0.3 is 0 Å². The quantitative estimate of drug-likeness (QED) is 0.755. The maximum Gasteiger partial charge on any atom is 0.251 e. The summed E-state index contributed by atoms with van der Waals surface area (Å²) in [5.74, 6) is 0.624. The lowest BCUT2D eigenvalue weighted by atomic mass is 10.1. The van der Waals surface area contributed by atoms with Crippen molar-refractivity contribution in [3.8, 4) is 0 Å². The Balaban J connectivity index is 1.78. The van der Waals surface area contributed by atoms with E-state index in [0.717, 1.165) is 32.5 Å². The van der Waals surface area contributed by atoms with Gasteiger partial charge in [-0.3, -0.25) is 4.79 Å². The van der Waals surface area contributed by atoms with Crippen LogP contribution in [0.3, 0.4) is 0 Å². The number of amides is 1. The van der Waals surface area contributed by atoms with E-state index in [0.29, 0.717) is 18.6 Å². The van der Waals surface area contributed by atoms with Crippen molar-refractivity contribution in [2.75, 3.05) is 40.4 Å². The smallest absolute Gasteiger partial charge is 0.251 e. The van der Waals surface area contributed by atoms with Gasteiger partial charge in [-0.25, -0.2) is 0 Å². The molecule has 0 bridgehead atoms. The van der Waals surface area contributed by atoms with E-state index in [2.05, 4.69) is 25.9 Å². The molecule has 2 rings (SSSR count). The first kappa shape index (κ1) is 15.7. The third-order valence-corrected chi connectivity index (χ3v) is 4.45. The van der Waals surface area contributed by atoms with Gasteiger partial charge in [-0.05, 0) is 39.8 Å². The molecule has 0 aromatic heterocycles. The highest BCUT2D eigenvalue weighted by atomic mass is 16.5. The van der Waals surface area contributed by atoms with Gasteiger partial charge in [0.1, 0.15) is 6.10 Å². The van der Waals surface area contributed by atoms with Gasteiger partial charge in [0.2, 0.25) is 0 Å². The highest BCUT2D eigenvalue weighted by molar-refractivity contribution is 5.80. The number of rotatable bonds is 5. The zero-order valence-corrected chi connectivity index (χ0v) is 13.2. The Morgan fingerprint density at radius 2 is 2.20 bits per heavy atom. The standard InChI is InChI=1S/C15H28N2O3/c1-11-8-17(9-14(11)16(3)4)15(18)12(2)20-10-13-6-5-7-19-13/h11-14H,5-10H2,1-4H3/t11-,12-,13-,14-/m0/s1. The maximum absolute atomic E-state index is 12.4. The highest BCUT2D eigenvalue weighted by Crippen LogP contribution is 2.21. The molecule has 2 aliphatic rings. The van der Waals surface area contributed by atoms with Crippen molar-refractivity contribution in [1.29, 1.82) is 0 Å². The van der Waals surface area contributed by atoms with Crippen LogP contribution in [0.15, 0.2) is 0 Å². The molecule has 0 radical (unpaired) electrons. The minimum absolute atomic E-state index is 0.110. The van der Waals surface area contributed by atoms with Crippen LogP contribution in [0.1, 0.15) is 26.7 Å². The summed E-state index contributed by atoms with van der Waals surface area (Å²) in [4.78, 5) is 16.5. The molecule has 0 aromatic rings. The summed E-state index contributed by atoms with van der Waals surface area (Å²) in [6, 6.07) is 0.448. The van der Waals surface area contributed by atoms with Crippen LogP contribution in [0.5, 0.6) is 0 Å². The Morgan fingerprint density at radius 1 is 1.45 bits per heavy atom. The van der Waals surface area contributed by atoms with Gasteiger partial charge in [0.25, 0.3) is 5.91 Å². The molecule has 0 unspecified atom stereocenters. The van der Waals surface area contributed by atoms with E-state index in [-0.39, 0.29) is 18.1 Å². The molecule has 116 valence electrons. The Labute approximate surface area is 122 Å². The van der Waals surface area contributed by atoms with E-state index in [4.69, 9.17) is 9.47 Å². The van der Waals surface area contributed by atoms with Crippen LogP contribution < -0.4 is 0 Å². The van der Waals surface area contributed by atoms with Crippen molar-refractivity contribution in [2.24, 2.45) is 5.92 Å². The first-order valence-electron chi connectivity index (χ1n) is 7.67. The van der Waals surface area contributed by atoms with E-state index in [1.807, 2.05) is 11.8 Å². The summed E-state index contributed by atoms with van der Waals surface area (Å²) in [6.07, 6.45) is 1.96. The number of likely N-dealkylation sites (N-methyl/N-ethyl adjacent to an activating group) is 1. The first-order chi connectivity index (χ1) is 9.49. The minimum Gasteiger partial charge on any atom is -0.376 e. The van der Waals surface area contributed by atoms with E-state index in [9.17, 15) is 4.79 Å². The summed E-state index contributed by atoms with van der Waals surface area (Å²) in [5.41, 5.74) is 0. The number of hydrogen-bond acceptors (Lipinski definition) is 4. The van der Waals surface area contributed by atoms with Gasteiger partial charge in [-0.2, -0.15) is 0 Å². The van der Waals surface area contributed by atoms with Crippen molar-refractivity contribution >= 4 is 5.91 Å². The first-order valence-corrected chi connectivity index (χ1v) is 7.67. The van der Waals surface area contributed by atoms with Crippen LogP contribution in [0, 0.1) is 5.92 Å². The van der Waals surface area contributed by atoms with E-state index < -0.39 is 0 Å². The molecule has 0 spiro atoms. The molecule has 0 aromatic carbocycles. The molecular formula is C15H28N2O3. The fraction of sp³-hybridized carbons (Fsp3) is 0.933. The van der Waals surface area contributed by atoms with Crippen LogP contribution >= 0.6 is 0 Å². The topological polar surface area (TPSA) is 42.0 Å². The second-order valence-corrected chi connectivity index (χ2v) is 6.36. The fourth-order valence-electron chi connectivity index (χ4n) is 3.16. The molecule has 2 saturated heterocycles. The lowest BCUT2D eigenvalue weighted by Crippen LogP contribution is -2.40. The molecule has 0 aliphatic carbocycles. The van der Waals surface area contributed by atoms with Gasteiger partial charge in [0.15, 0.2) is 0 Å². The molecule has 4 atom stereocenters. The molecule has 0 saturated carbocycles. The predicted molar refractivity (Wildman–Crippen MR) is 77.6 cm³/mol. The van der Waals surface area contributed by atoms with Crippen molar-refractivity contribution in [3.63, 3.8) is 0 Å². The number of ether oxygens (including phenoxy) is 2. The zero-order chi connectivity index (χ0) is 14.7. The molecule has 0 N–H and O–H groups in total. The van der Waals surface area contributed by atoms with E-state index >= 15 is 0 Å². The van der Waals surface area contributed by atoms with Crippen LogP contribution in [-0.2, 0) is 14.3 Å². The summed E-state index contributed by atoms with van der Waals surface area (Å²) in [5, 5.41) is 0. The lowest BCUT2D eigenvalue weighted by Gasteiger charge is -2.24. The highest BCUT2D eigenvalue weighted by Gasteiger charge is 2.35. The SMILES string of the molecule is C[C@H](OC[C@@H]1CCCO1)C(=O)N1C[C@H](C)[C@@H](N(C)C)C1. The second-order valence-electron chi connectivity index (χ2n) is 6.36. The predicted octanol–water partition coefficient (Wildman–Crippen LogP) is 0.979. The molecule has 2 heterocycles. The molecule has 5 heteroatoms. The molecular weight excluding hydrogens is 256 g/mol. The van der Waals surface area contributed by atoms with Gasteiger partial charge in [-0.1, -0.05) is 6.92 Å². The summed E-state index contributed by atoms with van der Waals surface area (Å²) in [7, 11) is 4.15. The monoisotopic (exact) mass is 284 g/mol. The zero-order valence-electron chi connectivity index (χ0n) is 13.2. The van der Waals surface area contributed by atoms with E-state index in [1.54, 1.807) is 0 Å². The molecule has 5 nitrogen and oxygen atoms in total. The maximum atomic E-state index is 12.4. The number of hydrogen-bond donors (Lipinski definition) is 0. The number of carbonyl (C=O) groups excluding carboxylic acids is 1. The van der Waals surface area contributed by atoms with Crippen molar-refractivity contribution < 1.29 is 14.3 Å². The third-order valence-electron chi connectivity index (χ3n) is 4.45. The number of carbonyl (C=O) groups is 1. The van der Waals surface area contributed by atoms with Gasteiger partial charge < -0.3 is 19.3 Å². The minimum atomic E-state index is -0.368. The van der Waals surface area contributed by atoms with Crippen molar-refractivity contribution in [1.82, 2.24) is 9.80 Å². The Bertz CT molecular complexity index is 329. The Morgan fingerprint density at radius 3 is 2.75 bits per heavy atom. The van der Waals surface area contributed by atoms with Crippen LogP contribution in [0.2, 0.25) is 0 Å². The average Bonchev–Trinajstić information content (AvgIpc) is 3.04. The van der Waals surface area contributed by atoms with Crippen molar-refractivity contribution in [2.45, 2.75) is 44.9 Å². The number of nitrogens with zero attached hydrogens (tertiary/aromatic N) is 2. The van der Waals surface area contributed by atoms with Gasteiger partial charge in [0.05, 0.1) is 12.7 Å². The molecule has 2 aliphatic heterocycles. The van der Waals surface area contributed by atoms with Crippen LogP contribution in [0.4, 0.5) is 0 Å². The van der Waals surface area contributed by atoms with Crippen molar-refractivity contribution in [3.05, 3.63) is 0 Å². The molecule has 1 amide bonds. The normalized spacial score (nSPS) is 32.0. The fourth-order valence-corrected chi connectivity index (χ4v) is 3.16.